The molecule has 1 N–H and O–H groups in total. The first-order valence-corrected chi connectivity index (χ1v) is 13.5. The van der Waals surface area contributed by atoms with Crippen LogP contribution in [0.5, 0.6) is 0 Å². The number of likely N-dealkylation sites (tertiary alicyclic amines) is 1. The molecule has 6 nitrogen and oxygen atoms in total. The molecule has 9 heteroatoms. The molecule has 2 fully saturated rings. The maximum atomic E-state index is 13.3. The molecule has 2 atom stereocenters. The van der Waals surface area contributed by atoms with Gasteiger partial charge < -0.3 is 4.90 Å². The summed E-state index contributed by atoms with van der Waals surface area (Å²) in [6.45, 7) is 13.0. The van der Waals surface area contributed by atoms with Crippen molar-refractivity contribution in [3.05, 3.63) is 65.0 Å². The van der Waals surface area contributed by atoms with E-state index in [-0.39, 0.29) is 23.4 Å². The van der Waals surface area contributed by atoms with Crippen molar-refractivity contribution in [2.24, 2.45) is 5.92 Å². The van der Waals surface area contributed by atoms with Gasteiger partial charge in [0.1, 0.15) is 5.56 Å². The molecular weight excluding hydrogens is 493 g/mol. The van der Waals surface area contributed by atoms with Crippen LogP contribution in [0.2, 0.25) is 0 Å². The summed E-state index contributed by atoms with van der Waals surface area (Å²) in [6, 6.07) is 1.85. The summed E-state index contributed by atoms with van der Waals surface area (Å²) in [5.41, 5.74) is 1.35. The smallest absolute Gasteiger partial charge is 0.338 e. The zero-order valence-corrected chi connectivity index (χ0v) is 22.8. The Morgan fingerprint density at radius 3 is 2.50 bits per heavy atom. The maximum absolute atomic E-state index is 13.3. The predicted octanol–water partition coefficient (Wildman–Crippen LogP) is 4.45. The molecule has 1 amide bonds. The zero-order chi connectivity index (χ0) is 27.7. The van der Waals surface area contributed by atoms with Gasteiger partial charge in [0, 0.05) is 61.4 Å². The number of hydrogen-bond acceptors (Lipinski definition) is 4. The zero-order valence-electron chi connectivity index (χ0n) is 22.8. The lowest BCUT2D eigenvalue weighted by atomic mass is 9.87. The van der Waals surface area contributed by atoms with Crippen LogP contribution in [-0.2, 0) is 0 Å². The fourth-order valence-electron chi connectivity index (χ4n) is 6.03. The van der Waals surface area contributed by atoms with Crippen molar-refractivity contribution in [2.75, 3.05) is 39.3 Å². The molecular formula is C29H40F3N4O2+. The van der Waals surface area contributed by atoms with Crippen LogP contribution in [0.25, 0.3) is 0 Å². The second kappa shape index (κ2) is 11.2. The third-order valence-corrected chi connectivity index (χ3v) is 8.77. The van der Waals surface area contributed by atoms with Gasteiger partial charge in [0.25, 0.3) is 5.91 Å². The van der Waals surface area contributed by atoms with E-state index in [0.717, 1.165) is 61.8 Å². The second-order valence-corrected chi connectivity index (χ2v) is 11.2. The molecule has 3 heterocycles. The molecule has 38 heavy (non-hydrogen) atoms. The number of alkyl halides is 3. The summed E-state index contributed by atoms with van der Waals surface area (Å²) < 4.78 is 40.4. The Kier molecular flexibility index (Phi) is 8.37. The van der Waals surface area contributed by atoms with Gasteiger partial charge in [-0.15, -0.1) is 0 Å². The van der Waals surface area contributed by atoms with Gasteiger partial charge in [-0.2, -0.15) is 13.2 Å². The monoisotopic (exact) mass is 533 g/mol. The highest BCUT2D eigenvalue weighted by Gasteiger charge is 2.39. The van der Waals surface area contributed by atoms with Gasteiger partial charge in [0.05, 0.1) is 5.57 Å². The number of amides is 1. The molecule has 0 aromatic carbocycles. The van der Waals surface area contributed by atoms with Crippen LogP contribution in [0.1, 0.15) is 54.7 Å². The summed E-state index contributed by atoms with van der Waals surface area (Å²) in [7, 11) is 0. The number of allylic oxidation sites excluding steroid dienone is 4. The number of hydrogen-bond donors (Lipinski definition) is 1. The Balaban J connectivity index is 1.35. The van der Waals surface area contributed by atoms with Gasteiger partial charge in [-0.05, 0) is 58.7 Å². The summed E-state index contributed by atoms with van der Waals surface area (Å²) in [4.78, 5) is 20.1. The molecule has 0 saturated carbocycles. The Labute approximate surface area is 223 Å². The fourth-order valence-corrected chi connectivity index (χ4v) is 6.03. The molecule has 1 aliphatic carbocycles. The van der Waals surface area contributed by atoms with Crippen molar-refractivity contribution in [1.29, 1.82) is 0 Å². The van der Waals surface area contributed by atoms with Crippen LogP contribution in [0.3, 0.4) is 0 Å². The van der Waals surface area contributed by atoms with Crippen molar-refractivity contribution in [2.45, 2.75) is 64.7 Å². The molecule has 0 radical (unpaired) electrons. The van der Waals surface area contributed by atoms with E-state index in [4.69, 9.17) is 0 Å². The fraction of sp³-hybridized carbons (Fsp3) is 0.586. The van der Waals surface area contributed by atoms with Crippen LogP contribution in [-0.4, -0.2) is 82.8 Å². The molecule has 1 unspecified atom stereocenters. The first-order chi connectivity index (χ1) is 17.9. The van der Waals surface area contributed by atoms with Crippen LogP contribution >= 0.6 is 0 Å². The molecule has 4 rings (SSSR count). The minimum atomic E-state index is -4.34. The minimum Gasteiger partial charge on any atom is -0.338 e. The van der Waals surface area contributed by atoms with E-state index >= 15 is 0 Å². The summed E-state index contributed by atoms with van der Waals surface area (Å²) in [5, 5.41) is 10.0. The summed E-state index contributed by atoms with van der Waals surface area (Å²) in [5.74, 6) is -0.112. The molecule has 1 aromatic heterocycles. The SMILES string of the molecule is Cc1cc[n+](O)c(C)c1C(=O)N1CCC(C)(N2CCCN([C@@H](C)C3C=CC=C(C(F)(F)F)C=C3)CC2)CC1. The van der Waals surface area contributed by atoms with Gasteiger partial charge in [0.2, 0.25) is 11.9 Å². The lowest BCUT2D eigenvalue weighted by Crippen LogP contribution is -2.55. The van der Waals surface area contributed by atoms with Crippen LogP contribution < -0.4 is 4.73 Å². The molecule has 2 aliphatic heterocycles. The highest BCUT2D eigenvalue weighted by atomic mass is 19.4. The quantitative estimate of drug-likeness (QED) is 0.459. The van der Waals surface area contributed by atoms with E-state index < -0.39 is 11.7 Å². The second-order valence-electron chi connectivity index (χ2n) is 11.2. The first kappa shape index (κ1) is 28.4. The van der Waals surface area contributed by atoms with Gasteiger partial charge >= 0.3 is 6.18 Å². The lowest BCUT2D eigenvalue weighted by Gasteiger charge is -2.46. The van der Waals surface area contributed by atoms with Crippen molar-refractivity contribution in [1.82, 2.24) is 14.7 Å². The van der Waals surface area contributed by atoms with Gasteiger partial charge in [-0.1, -0.05) is 30.4 Å². The average Bonchev–Trinajstić information content (AvgIpc) is 3.28. The number of halogens is 3. The molecule has 0 bridgehead atoms. The third-order valence-electron chi connectivity index (χ3n) is 8.77. The van der Waals surface area contributed by atoms with Gasteiger partial charge in [0.15, 0.2) is 0 Å². The van der Waals surface area contributed by atoms with E-state index in [1.165, 1.54) is 12.2 Å². The predicted molar refractivity (Wildman–Crippen MR) is 140 cm³/mol. The average molecular weight is 534 g/mol. The van der Waals surface area contributed by atoms with E-state index in [1.807, 2.05) is 17.9 Å². The summed E-state index contributed by atoms with van der Waals surface area (Å²) >= 11 is 0. The van der Waals surface area contributed by atoms with E-state index in [9.17, 15) is 23.2 Å². The Bertz CT molecular complexity index is 1120. The largest absolute Gasteiger partial charge is 0.416 e. The minimum absolute atomic E-state index is 0.0126. The molecule has 3 aliphatic rings. The number of nitrogens with zero attached hydrogens (tertiary/aromatic N) is 4. The van der Waals surface area contributed by atoms with E-state index in [0.29, 0.717) is 24.3 Å². The van der Waals surface area contributed by atoms with E-state index in [2.05, 4.69) is 23.6 Å². The molecule has 0 spiro atoms. The number of aromatic nitrogens is 1. The van der Waals surface area contributed by atoms with Crippen molar-refractivity contribution < 1.29 is 27.9 Å². The normalized spacial score (nSPS) is 24.0. The standard InChI is InChI=1S/C29H40F3N4O2/c1-21-11-16-36(38)23(3)26(21)27(37)34-17-12-28(4,13-18-34)35-15-6-14-33(19-20-35)22(2)24-7-5-8-25(10-9-24)29(30,31)32/h5,7-11,16,22,24,38H,6,12-15,17-20H2,1-4H3/q+1/t22-,24?/m0/s1. The molecule has 208 valence electrons. The van der Waals surface area contributed by atoms with Gasteiger partial charge in [-0.3, -0.25) is 19.8 Å². The topological polar surface area (TPSA) is 50.9 Å². The lowest BCUT2D eigenvalue weighted by molar-refractivity contribution is -0.908. The number of rotatable bonds is 4. The number of carbonyl (C=O) groups is 1. The summed E-state index contributed by atoms with van der Waals surface area (Å²) in [6.07, 6.45) is 7.39. The maximum Gasteiger partial charge on any atom is 0.416 e. The number of pyridine rings is 1. The Hall–Kier alpha value is -2.65. The van der Waals surface area contributed by atoms with E-state index in [1.54, 1.807) is 25.3 Å². The van der Waals surface area contributed by atoms with Crippen molar-refractivity contribution in [3.8, 4) is 0 Å². The molecule has 2 saturated heterocycles. The number of aryl methyl sites for hydroxylation is 1. The highest BCUT2D eigenvalue weighted by Crippen LogP contribution is 2.32. The molecule has 1 aromatic rings. The third kappa shape index (κ3) is 5.99. The van der Waals surface area contributed by atoms with Crippen LogP contribution in [0, 0.1) is 19.8 Å². The Morgan fingerprint density at radius 1 is 1.11 bits per heavy atom. The number of piperidine rings is 1. The van der Waals surface area contributed by atoms with Crippen LogP contribution in [0.4, 0.5) is 13.2 Å². The number of carbonyl (C=O) groups excluding carboxylic acids is 1. The van der Waals surface area contributed by atoms with Crippen LogP contribution in [0.15, 0.2) is 48.2 Å². The van der Waals surface area contributed by atoms with Crippen molar-refractivity contribution in [3.63, 3.8) is 0 Å². The highest BCUT2D eigenvalue weighted by molar-refractivity contribution is 5.96. The Morgan fingerprint density at radius 2 is 1.82 bits per heavy atom. The van der Waals surface area contributed by atoms with Crippen molar-refractivity contribution >= 4 is 5.91 Å². The van der Waals surface area contributed by atoms with Gasteiger partial charge in [-0.25, -0.2) is 0 Å². The first-order valence-electron chi connectivity index (χ1n) is 13.5.